The van der Waals surface area contributed by atoms with Crippen molar-refractivity contribution in [1.82, 2.24) is 0 Å². The average molecular weight is 295 g/mol. The lowest BCUT2D eigenvalue weighted by molar-refractivity contribution is -0.962. The van der Waals surface area contributed by atoms with Gasteiger partial charge in [-0.2, -0.15) is 0 Å². The summed E-state index contributed by atoms with van der Waals surface area (Å²) in [4.78, 5) is 11.5. The predicted molar refractivity (Wildman–Crippen MR) is 71.2 cm³/mol. The molecule has 0 N–H and O–H groups in total. The van der Waals surface area contributed by atoms with Gasteiger partial charge in [0.15, 0.2) is 5.78 Å². The van der Waals surface area contributed by atoms with E-state index in [1.165, 1.54) is 6.54 Å². The first-order valence-corrected chi connectivity index (χ1v) is 7.78. The average Bonchev–Trinajstić information content (AvgIpc) is 2.28. The Kier molecular flexibility index (Phi) is 7.13. The molecule has 6 nitrogen and oxygen atoms in total. The van der Waals surface area contributed by atoms with Gasteiger partial charge in [-0.3, -0.25) is 8.98 Å². The van der Waals surface area contributed by atoms with Gasteiger partial charge in [0.2, 0.25) is 10.4 Å². The van der Waals surface area contributed by atoms with Crippen molar-refractivity contribution in [2.45, 2.75) is 52.6 Å². The molecule has 1 fully saturated rings. The highest BCUT2D eigenvalue weighted by molar-refractivity contribution is 7.80. The van der Waals surface area contributed by atoms with E-state index in [0.717, 1.165) is 31.0 Å². The van der Waals surface area contributed by atoms with Crippen molar-refractivity contribution in [1.29, 1.82) is 0 Å². The van der Waals surface area contributed by atoms with Crippen LogP contribution in [0.1, 0.15) is 40.5 Å². The Bertz CT molecular complexity index is 381. The third-order valence-electron chi connectivity index (χ3n) is 3.76. The molecule has 114 valence electrons. The molecule has 0 radical (unpaired) electrons. The number of carbonyl (C=O) groups excluding carboxylic acids is 1. The molecule has 0 aromatic carbocycles. The summed E-state index contributed by atoms with van der Waals surface area (Å²) in [6.45, 7) is 10.9. The van der Waals surface area contributed by atoms with Crippen LogP contribution in [0.15, 0.2) is 0 Å². The fourth-order valence-corrected chi connectivity index (χ4v) is 2.53. The third-order valence-corrected chi connectivity index (χ3v) is 4.17. The van der Waals surface area contributed by atoms with E-state index in [4.69, 9.17) is 0 Å². The van der Waals surface area contributed by atoms with Crippen LogP contribution >= 0.6 is 0 Å². The van der Waals surface area contributed by atoms with E-state index in [-0.39, 0.29) is 0 Å². The molecular weight excluding hydrogens is 270 g/mol. The molecule has 0 saturated carbocycles. The number of rotatable bonds is 3. The number of likely N-dealkylation sites (tertiary alicyclic amines) is 1. The van der Waals surface area contributed by atoms with Crippen molar-refractivity contribution >= 4 is 16.2 Å². The molecule has 1 aliphatic heterocycles. The van der Waals surface area contributed by atoms with Gasteiger partial charge in [0.1, 0.15) is 6.54 Å². The van der Waals surface area contributed by atoms with Crippen molar-refractivity contribution in [3.63, 3.8) is 0 Å². The summed E-state index contributed by atoms with van der Waals surface area (Å²) in [6, 6.07) is 1.15. The number of nitrogens with zero attached hydrogens (tertiary/aromatic N) is 1. The van der Waals surface area contributed by atoms with Gasteiger partial charge in [-0.25, -0.2) is 8.42 Å². The third kappa shape index (κ3) is 5.99. The number of hydrogen-bond donors (Lipinski definition) is 0. The van der Waals surface area contributed by atoms with E-state index in [0.29, 0.717) is 17.9 Å². The molecule has 19 heavy (non-hydrogen) atoms. The van der Waals surface area contributed by atoms with E-state index in [1.807, 2.05) is 0 Å². The van der Waals surface area contributed by atoms with Crippen molar-refractivity contribution in [3.05, 3.63) is 0 Å². The van der Waals surface area contributed by atoms with Crippen LogP contribution in [0, 0.1) is 0 Å². The van der Waals surface area contributed by atoms with Crippen LogP contribution < -0.4 is 0 Å². The molecule has 7 heteroatoms. The van der Waals surface area contributed by atoms with Gasteiger partial charge in [-0.1, -0.05) is 0 Å². The molecule has 0 amide bonds. The number of Topliss-reactive ketones (excluding diaryl/α,β-unsaturated/α-hetero) is 1. The molecule has 0 unspecified atom stereocenters. The maximum Gasteiger partial charge on any atom is 0.217 e. The molecule has 0 aromatic heterocycles. The summed E-state index contributed by atoms with van der Waals surface area (Å²) in [5.41, 5.74) is 0. The molecule has 0 bridgehead atoms. The molecule has 1 rings (SSSR count). The number of carbonyl (C=O) groups is 1. The zero-order valence-electron chi connectivity index (χ0n) is 12.4. The Hall–Kier alpha value is -0.500. The van der Waals surface area contributed by atoms with Crippen LogP contribution in [0.2, 0.25) is 0 Å². The molecule has 0 spiro atoms. The van der Waals surface area contributed by atoms with Gasteiger partial charge in [0, 0.05) is 12.8 Å². The Morgan fingerprint density at radius 1 is 1.21 bits per heavy atom. The fraction of sp³-hybridized carbons (Fsp3) is 0.917. The van der Waals surface area contributed by atoms with Gasteiger partial charge in [-0.15, -0.1) is 0 Å². The summed E-state index contributed by atoms with van der Waals surface area (Å²) in [5, 5.41) is 0. The van der Waals surface area contributed by atoms with Crippen molar-refractivity contribution < 1.29 is 26.4 Å². The van der Waals surface area contributed by atoms with Gasteiger partial charge >= 0.3 is 0 Å². The van der Waals surface area contributed by atoms with Crippen molar-refractivity contribution in [2.75, 3.05) is 20.2 Å². The summed E-state index contributed by atoms with van der Waals surface area (Å²) >= 11 is 0. The van der Waals surface area contributed by atoms with Gasteiger partial charge < -0.3 is 9.04 Å². The first-order chi connectivity index (χ1) is 8.55. The molecule has 1 aliphatic rings. The van der Waals surface area contributed by atoms with E-state index < -0.39 is 10.4 Å². The van der Waals surface area contributed by atoms with E-state index >= 15 is 0 Å². The van der Waals surface area contributed by atoms with Gasteiger partial charge in [0.25, 0.3) is 0 Å². The standard InChI is InChI=1S/C11H22NO.CH4O4S/c1-9(2)12(10(3)4)7-5-6-11(13)8-12;1-5-6(2,3)4/h9-10H,5-8H2,1-4H3;1H3,(H,2,3,4)/q+1;/p-1. The largest absolute Gasteiger partial charge is 0.726 e. The number of piperidine rings is 1. The summed E-state index contributed by atoms with van der Waals surface area (Å²) < 4.78 is 32.0. The second kappa shape index (κ2) is 7.33. The minimum atomic E-state index is -4.41. The maximum absolute atomic E-state index is 11.5. The first-order valence-electron chi connectivity index (χ1n) is 6.44. The molecule has 0 aromatic rings. The molecule has 0 aliphatic carbocycles. The van der Waals surface area contributed by atoms with E-state index in [2.05, 4.69) is 31.9 Å². The number of quaternary nitrogens is 1. The first kappa shape index (κ1) is 18.5. The van der Waals surface area contributed by atoms with Crippen LogP contribution in [-0.2, 0) is 19.4 Å². The van der Waals surface area contributed by atoms with E-state index in [1.54, 1.807) is 0 Å². The highest BCUT2D eigenvalue weighted by Gasteiger charge is 2.39. The smallest absolute Gasteiger partial charge is 0.217 e. The summed E-state index contributed by atoms with van der Waals surface area (Å²) in [5.74, 6) is 0.452. The maximum atomic E-state index is 11.5. The minimum absolute atomic E-state index is 0.452. The Morgan fingerprint density at radius 3 is 1.84 bits per heavy atom. The molecule has 1 saturated heterocycles. The Balaban J connectivity index is 0.000000459. The van der Waals surface area contributed by atoms with Crippen molar-refractivity contribution in [2.24, 2.45) is 0 Å². The van der Waals surface area contributed by atoms with E-state index in [9.17, 15) is 17.8 Å². The lowest BCUT2D eigenvalue weighted by Gasteiger charge is -2.47. The van der Waals surface area contributed by atoms with Crippen LogP contribution in [0.25, 0.3) is 0 Å². The van der Waals surface area contributed by atoms with Crippen LogP contribution in [0.4, 0.5) is 0 Å². The monoisotopic (exact) mass is 295 g/mol. The zero-order chi connectivity index (χ0) is 15.3. The Labute approximate surface area is 116 Å². The number of ketones is 1. The fourth-order valence-electron chi connectivity index (χ4n) is 2.53. The van der Waals surface area contributed by atoms with Crippen molar-refractivity contribution in [3.8, 4) is 0 Å². The second-order valence-corrected chi connectivity index (χ2v) is 6.54. The topological polar surface area (TPSA) is 83.5 Å². The Morgan fingerprint density at radius 2 is 1.63 bits per heavy atom. The van der Waals surface area contributed by atoms with Gasteiger partial charge in [-0.05, 0) is 27.7 Å². The normalized spacial score (nSPS) is 19.3. The molecule has 0 atom stereocenters. The molecule has 1 heterocycles. The number of hydrogen-bond acceptors (Lipinski definition) is 5. The lowest BCUT2D eigenvalue weighted by atomic mass is 10.0. The minimum Gasteiger partial charge on any atom is -0.726 e. The summed E-state index contributed by atoms with van der Waals surface area (Å²) in [7, 11) is -3.60. The summed E-state index contributed by atoms with van der Waals surface area (Å²) in [6.07, 6.45) is 1.88. The zero-order valence-corrected chi connectivity index (χ0v) is 13.2. The SMILES string of the molecule is CC(C)[N+]1(C(C)C)CCCC(=O)C1.COS(=O)(=O)[O-]. The lowest BCUT2D eigenvalue weighted by Crippen LogP contribution is -2.62. The van der Waals surface area contributed by atoms with Gasteiger partial charge in [0.05, 0.1) is 25.7 Å². The van der Waals surface area contributed by atoms with Crippen LogP contribution in [0.3, 0.4) is 0 Å². The quantitative estimate of drug-likeness (QED) is 0.442. The van der Waals surface area contributed by atoms with Crippen LogP contribution in [0.5, 0.6) is 0 Å². The highest BCUT2D eigenvalue weighted by Crippen LogP contribution is 2.24. The highest BCUT2D eigenvalue weighted by atomic mass is 32.3. The second-order valence-electron chi connectivity index (χ2n) is 5.39. The molecular formula is C12H25NO5S. The predicted octanol–water partition coefficient (Wildman–Crippen LogP) is 1.08. The van der Waals surface area contributed by atoms with Crippen LogP contribution in [-0.4, -0.2) is 55.5 Å².